The molecule has 5 nitrogen and oxygen atoms in total. The van der Waals surface area contributed by atoms with Crippen molar-refractivity contribution in [3.63, 3.8) is 0 Å². The molecule has 30 heavy (non-hydrogen) atoms. The van der Waals surface area contributed by atoms with Crippen molar-refractivity contribution in [1.82, 2.24) is 4.90 Å². The predicted molar refractivity (Wildman–Crippen MR) is 117 cm³/mol. The van der Waals surface area contributed by atoms with E-state index in [0.717, 1.165) is 16.9 Å². The Morgan fingerprint density at radius 2 is 1.73 bits per heavy atom. The highest BCUT2D eigenvalue weighted by Gasteiger charge is 2.40. The Labute approximate surface area is 179 Å². The van der Waals surface area contributed by atoms with E-state index in [1.165, 1.54) is 16.7 Å². The summed E-state index contributed by atoms with van der Waals surface area (Å²) in [7, 11) is 1.56. The summed E-state index contributed by atoms with van der Waals surface area (Å²) in [6.45, 7) is 2.22. The van der Waals surface area contributed by atoms with Crippen LogP contribution in [0.25, 0.3) is 5.57 Å². The van der Waals surface area contributed by atoms with Crippen molar-refractivity contribution in [3.05, 3.63) is 94.3 Å². The minimum absolute atomic E-state index is 0.224. The monoisotopic (exact) mass is 419 g/mol. The van der Waals surface area contributed by atoms with Crippen molar-refractivity contribution in [2.75, 3.05) is 7.11 Å². The van der Waals surface area contributed by atoms with Crippen molar-refractivity contribution in [2.45, 2.75) is 19.2 Å². The lowest BCUT2D eigenvalue weighted by atomic mass is 10.0. The van der Waals surface area contributed by atoms with Gasteiger partial charge >= 0.3 is 0 Å². The van der Waals surface area contributed by atoms with Crippen molar-refractivity contribution in [1.29, 1.82) is 0 Å². The molecule has 2 aromatic carbocycles. The Morgan fingerprint density at radius 3 is 2.43 bits per heavy atom. The smallest absolute Gasteiger partial charge is 0.268 e. The number of carbonyl (C=O) groups is 2. The maximum Gasteiger partial charge on any atom is 0.268 e. The molecule has 0 spiro atoms. The first kappa shape index (κ1) is 20.0. The number of nitrogens with zero attached hydrogens (tertiary/aromatic N) is 1. The number of benzene rings is 2. The quantitative estimate of drug-likeness (QED) is 0.515. The zero-order chi connectivity index (χ0) is 21.1. The molecule has 1 aromatic heterocycles. The normalized spacial score (nSPS) is 14.0. The largest absolute Gasteiger partial charge is 0.496 e. The summed E-state index contributed by atoms with van der Waals surface area (Å²) in [5, 5.41) is 0. The number of carbonyl (C=O) groups excluding carboxylic acids is 2. The van der Waals surface area contributed by atoms with Gasteiger partial charge in [-0.2, -0.15) is 0 Å². The van der Waals surface area contributed by atoms with Crippen LogP contribution in [0.2, 0.25) is 0 Å². The van der Waals surface area contributed by atoms with Gasteiger partial charge in [-0.15, -0.1) is 11.8 Å². The fourth-order valence-corrected chi connectivity index (χ4v) is 4.36. The van der Waals surface area contributed by atoms with Gasteiger partial charge in [0.1, 0.15) is 11.5 Å². The summed E-state index contributed by atoms with van der Waals surface area (Å²) in [5.74, 6) is 1.15. The maximum absolute atomic E-state index is 13.4. The third-order valence-electron chi connectivity index (χ3n) is 4.90. The van der Waals surface area contributed by atoms with E-state index < -0.39 is 0 Å². The second-order valence-corrected chi connectivity index (χ2v) is 7.94. The van der Waals surface area contributed by atoms with Gasteiger partial charge in [-0.3, -0.25) is 14.5 Å². The third kappa shape index (κ3) is 3.91. The Kier molecular flexibility index (Phi) is 5.77. The second kappa shape index (κ2) is 8.63. The number of methoxy groups -OCH3 is 1. The maximum atomic E-state index is 13.4. The summed E-state index contributed by atoms with van der Waals surface area (Å²) >= 11 is 1.31. The first-order valence-corrected chi connectivity index (χ1v) is 10.5. The van der Waals surface area contributed by atoms with Gasteiger partial charge in [-0.05, 0) is 30.7 Å². The van der Waals surface area contributed by atoms with Crippen molar-refractivity contribution >= 4 is 29.1 Å². The summed E-state index contributed by atoms with van der Waals surface area (Å²) in [6, 6.07) is 18.7. The van der Waals surface area contributed by atoms with Gasteiger partial charge in [0.05, 0.1) is 36.1 Å². The summed E-state index contributed by atoms with van der Waals surface area (Å²) < 4.78 is 10.9. The highest BCUT2D eigenvalue weighted by molar-refractivity contribution is 8.03. The molecule has 2 amide bonds. The number of imide groups is 1. The highest BCUT2D eigenvalue weighted by Crippen LogP contribution is 2.41. The average molecular weight is 420 g/mol. The van der Waals surface area contributed by atoms with Crippen LogP contribution in [0.3, 0.4) is 0 Å². The molecule has 0 bridgehead atoms. The van der Waals surface area contributed by atoms with Gasteiger partial charge in [-0.1, -0.05) is 48.0 Å². The Bertz CT molecular complexity index is 1100. The zero-order valence-electron chi connectivity index (χ0n) is 16.8. The lowest BCUT2D eigenvalue weighted by Crippen LogP contribution is -2.31. The molecule has 0 atom stereocenters. The fraction of sp³-hybridized carbons (Fsp3) is 0.167. The van der Waals surface area contributed by atoms with Gasteiger partial charge in [-0.25, -0.2) is 0 Å². The van der Waals surface area contributed by atoms with E-state index >= 15 is 0 Å². The molecular weight excluding hydrogens is 398 g/mol. The minimum Gasteiger partial charge on any atom is -0.496 e. The lowest BCUT2D eigenvalue weighted by Gasteiger charge is -2.16. The van der Waals surface area contributed by atoms with E-state index in [0.29, 0.717) is 27.5 Å². The van der Waals surface area contributed by atoms with E-state index in [-0.39, 0.29) is 18.4 Å². The van der Waals surface area contributed by atoms with Crippen molar-refractivity contribution < 1.29 is 18.7 Å². The number of para-hydroxylation sites is 1. The summed E-state index contributed by atoms with van der Waals surface area (Å²) in [4.78, 5) is 28.4. The van der Waals surface area contributed by atoms with E-state index in [2.05, 4.69) is 0 Å². The summed E-state index contributed by atoms with van der Waals surface area (Å²) in [5.41, 5.74) is 3.02. The van der Waals surface area contributed by atoms with E-state index in [1.54, 1.807) is 25.5 Å². The molecule has 3 aromatic rings. The van der Waals surface area contributed by atoms with Gasteiger partial charge in [0.15, 0.2) is 0 Å². The molecule has 0 unspecified atom stereocenters. The molecule has 6 heteroatoms. The van der Waals surface area contributed by atoms with E-state index in [4.69, 9.17) is 9.15 Å². The van der Waals surface area contributed by atoms with E-state index in [9.17, 15) is 9.59 Å². The molecule has 1 aliphatic rings. The average Bonchev–Trinajstić information content (AvgIpc) is 3.36. The number of amides is 2. The number of aryl methyl sites for hydroxylation is 1. The van der Waals surface area contributed by atoms with Crippen LogP contribution >= 0.6 is 11.8 Å². The van der Waals surface area contributed by atoms with Crippen LogP contribution < -0.4 is 4.74 Å². The van der Waals surface area contributed by atoms with E-state index in [1.807, 2.05) is 55.5 Å². The van der Waals surface area contributed by atoms with Crippen LogP contribution in [0, 0.1) is 6.92 Å². The molecule has 1 aliphatic heterocycles. The van der Waals surface area contributed by atoms with Crippen LogP contribution in [0.15, 0.2) is 76.2 Å². The number of rotatable bonds is 7. The molecule has 0 saturated heterocycles. The molecule has 152 valence electrons. The molecule has 0 fully saturated rings. The third-order valence-corrected chi connectivity index (χ3v) is 6.00. The van der Waals surface area contributed by atoms with Crippen molar-refractivity contribution in [3.8, 4) is 5.75 Å². The molecular formula is C24H21NO4S. The highest BCUT2D eigenvalue weighted by atomic mass is 32.2. The first-order valence-electron chi connectivity index (χ1n) is 9.53. The molecule has 0 aliphatic carbocycles. The van der Waals surface area contributed by atoms with Crippen LogP contribution in [-0.2, 0) is 21.9 Å². The van der Waals surface area contributed by atoms with Gasteiger partial charge in [0.25, 0.3) is 11.8 Å². The van der Waals surface area contributed by atoms with Crippen LogP contribution in [0.5, 0.6) is 5.75 Å². The fourth-order valence-electron chi connectivity index (χ4n) is 3.33. The number of ether oxygens (including phenoxy) is 1. The molecule has 0 radical (unpaired) electrons. The molecule has 2 heterocycles. The molecule has 0 saturated carbocycles. The molecule has 4 rings (SSSR count). The summed E-state index contributed by atoms with van der Waals surface area (Å²) in [6.07, 6.45) is 1.59. The van der Waals surface area contributed by atoms with Gasteiger partial charge in [0.2, 0.25) is 0 Å². The Balaban J connectivity index is 1.70. The minimum atomic E-state index is -0.313. The van der Waals surface area contributed by atoms with Crippen LogP contribution in [-0.4, -0.2) is 23.8 Å². The van der Waals surface area contributed by atoms with Gasteiger partial charge < -0.3 is 9.15 Å². The zero-order valence-corrected chi connectivity index (χ0v) is 17.6. The Hall–Kier alpha value is -3.25. The number of thioether (sulfide) groups is 1. The number of furan rings is 1. The molecule has 0 N–H and O–H groups in total. The Morgan fingerprint density at radius 1 is 0.967 bits per heavy atom. The van der Waals surface area contributed by atoms with Gasteiger partial charge in [0, 0.05) is 5.56 Å². The lowest BCUT2D eigenvalue weighted by molar-refractivity contribution is -0.137. The standard InChI is InChI=1S/C24H21NO4S/c1-16-9-11-17(12-10-16)14-25-23(26)21(19-7-3-4-8-20(19)28-2)22(24(25)27)30-15-18-6-5-13-29-18/h3-13H,14-15H2,1-2H3. The predicted octanol–water partition coefficient (Wildman–Crippen LogP) is 4.81. The second-order valence-electron chi connectivity index (χ2n) is 6.95. The topological polar surface area (TPSA) is 59.8 Å². The number of hydrogen-bond donors (Lipinski definition) is 0. The SMILES string of the molecule is COc1ccccc1C1=C(SCc2ccco2)C(=O)N(Cc2ccc(C)cc2)C1=O. The van der Waals surface area contributed by atoms with Crippen LogP contribution in [0.4, 0.5) is 0 Å². The van der Waals surface area contributed by atoms with Crippen LogP contribution in [0.1, 0.15) is 22.5 Å². The van der Waals surface area contributed by atoms with Crippen molar-refractivity contribution in [2.24, 2.45) is 0 Å². The first-order chi connectivity index (χ1) is 14.6. The number of hydrogen-bond acceptors (Lipinski definition) is 5.